The quantitative estimate of drug-likeness (QED) is 0.146. The number of fused-ring (bicyclic) bond motifs is 1. The van der Waals surface area contributed by atoms with E-state index in [0.717, 1.165) is 16.2 Å². The van der Waals surface area contributed by atoms with Gasteiger partial charge in [-0.15, -0.1) is 0 Å². The highest BCUT2D eigenvalue weighted by molar-refractivity contribution is 7.17. The highest BCUT2D eigenvalue weighted by atomic mass is 32.1. The highest BCUT2D eigenvalue weighted by Crippen LogP contribution is 2.45. The second-order valence-corrected chi connectivity index (χ2v) is 9.91. The molecule has 0 saturated carbocycles. The number of esters is 1. The Morgan fingerprint density at radius 2 is 1.85 bits per heavy atom. The molecule has 12 heteroatoms. The van der Waals surface area contributed by atoms with E-state index >= 15 is 0 Å². The molecule has 2 N–H and O–H groups in total. The lowest BCUT2D eigenvalue weighted by molar-refractivity contribution is -0.132. The second-order valence-electron chi connectivity index (χ2n) is 8.94. The maximum absolute atomic E-state index is 13.6. The van der Waals surface area contributed by atoms with Gasteiger partial charge in [-0.2, -0.15) is 0 Å². The summed E-state index contributed by atoms with van der Waals surface area (Å²) in [5, 5.41) is 22.1. The fourth-order valence-corrected chi connectivity index (χ4v) is 5.70. The number of carbonyl (C=O) groups excluding carboxylic acids is 3. The molecule has 11 nitrogen and oxygen atoms in total. The number of rotatable bonds is 7. The van der Waals surface area contributed by atoms with Crippen LogP contribution >= 0.6 is 11.3 Å². The third kappa shape index (κ3) is 4.35. The molecule has 0 bridgehead atoms. The van der Waals surface area contributed by atoms with E-state index in [1.807, 2.05) is 0 Å². The first-order chi connectivity index (χ1) is 19.2. The number of imidazole rings is 1. The van der Waals surface area contributed by atoms with Crippen molar-refractivity contribution in [2.75, 3.05) is 18.1 Å². The Kier molecular flexibility index (Phi) is 7.03. The number of phenolic OH excluding ortho intramolecular Hbond substituents is 1. The molecule has 1 amide bonds. The van der Waals surface area contributed by atoms with Crippen LogP contribution in [-0.4, -0.2) is 55.5 Å². The molecule has 3 aromatic heterocycles. The Balaban J connectivity index is 1.76. The number of anilines is 1. The number of carbonyl (C=O) groups is 3. The number of Topliss-reactive ketones (excluding diaryl/α,β-unsaturated/α-hetero) is 1. The van der Waals surface area contributed by atoms with E-state index in [4.69, 9.17) is 9.47 Å². The van der Waals surface area contributed by atoms with Crippen LogP contribution in [0.5, 0.6) is 11.5 Å². The van der Waals surface area contributed by atoms with Crippen molar-refractivity contribution in [3.8, 4) is 11.5 Å². The van der Waals surface area contributed by atoms with Gasteiger partial charge in [-0.25, -0.2) is 14.8 Å². The van der Waals surface area contributed by atoms with Gasteiger partial charge < -0.3 is 19.7 Å². The molecular formula is C28H26N4O7S. The van der Waals surface area contributed by atoms with Crippen LogP contribution in [0.25, 0.3) is 11.4 Å². The first-order valence-corrected chi connectivity index (χ1v) is 13.3. The molecule has 0 aliphatic carbocycles. The molecule has 1 saturated heterocycles. The summed E-state index contributed by atoms with van der Waals surface area (Å²) in [5.41, 5.74) is 1.76. The van der Waals surface area contributed by atoms with Gasteiger partial charge in [0.2, 0.25) is 0 Å². The molecule has 5 rings (SSSR count). The zero-order chi connectivity index (χ0) is 28.7. The topological polar surface area (TPSA) is 144 Å². The maximum Gasteiger partial charge on any atom is 0.350 e. The molecule has 40 heavy (non-hydrogen) atoms. The summed E-state index contributed by atoms with van der Waals surface area (Å²) in [6.07, 6.45) is 1.69. The van der Waals surface area contributed by atoms with Gasteiger partial charge >= 0.3 is 11.9 Å². The van der Waals surface area contributed by atoms with E-state index in [2.05, 4.69) is 9.97 Å². The van der Waals surface area contributed by atoms with Crippen molar-refractivity contribution in [3.05, 3.63) is 75.7 Å². The van der Waals surface area contributed by atoms with Crippen LogP contribution in [0.15, 0.2) is 48.2 Å². The van der Waals surface area contributed by atoms with Crippen molar-refractivity contribution < 1.29 is 34.1 Å². The van der Waals surface area contributed by atoms with Crippen LogP contribution in [0.4, 0.5) is 5.13 Å². The number of aromatic nitrogens is 3. The number of hydrogen-bond acceptors (Lipinski definition) is 10. The summed E-state index contributed by atoms with van der Waals surface area (Å²) >= 11 is 0.908. The Bertz CT molecular complexity index is 1700. The fraction of sp³-hybridized carbons (Fsp3) is 0.250. The number of aryl methyl sites for hydroxylation is 2. The number of aliphatic hydroxyl groups is 1. The zero-order valence-corrected chi connectivity index (χ0v) is 23.0. The summed E-state index contributed by atoms with van der Waals surface area (Å²) in [7, 11) is 0. The lowest BCUT2D eigenvalue weighted by Crippen LogP contribution is -2.29. The second kappa shape index (κ2) is 10.5. The maximum atomic E-state index is 13.6. The number of ketones is 1. The smallest absolute Gasteiger partial charge is 0.350 e. The lowest BCUT2D eigenvalue weighted by atomic mass is 9.96. The van der Waals surface area contributed by atoms with E-state index in [1.165, 1.54) is 18.2 Å². The Morgan fingerprint density at radius 3 is 2.58 bits per heavy atom. The van der Waals surface area contributed by atoms with E-state index in [1.54, 1.807) is 56.5 Å². The van der Waals surface area contributed by atoms with Crippen LogP contribution in [0, 0.1) is 13.8 Å². The Hall–Kier alpha value is -4.71. The van der Waals surface area contributed by atoms with Crippen molar-refractivity contribution in [3.63, 3.8) is 0 Å². The zero-order valence-electron chi connectivity index (χ0n) is 22.2. The first kappa shape index (κ1) is 26.9. The molecule has 4 aromatic rings. The minimum absolute atomic E-state index is 0.0765. The number of nitrogens with zero attached hydrogens (tertiary/aromatic N) is 4. The number of hydrogen-bond donors (Lipinski definition) is 2. The summed E-state index contributed by atoms with van der Waals surface area (Å²) in [4.78, 5) is 50.0. The van der Waals surface area contributed by atoms with Gasteiger partial charge in [-0.1, -0.05) is 23.5 Å². The Morgan fingerprint density at radius 1 is 1.07 bits per heavy atom. The van der Waals surface area contributed by atoms with Gasteiger partial charge in [-0.05, 0) is 57.5 Å². The largest absolute Gasteiger partial charge is 0.505 e. The van der Waals surface area contributed by atoms with Crippen LogP contribution in [0.2, 0.25) is 0 Å². The molecule has 0 radical (unpaired) electrons. The van der Waals surface area contributed by atoms with Crippen molar-refractivity contribution in [1.29, 1.82) is 0 Å². The molecule has 4 heterocycles. The van der Waals surface area contributed by atoms with E-state index in [0.29, 0.717) is 22.6 Å². The lowest BCUT2D eigenvalue weighted by Gasteiger charge is -2.23. The number of phenols is 1. The monoisotopic (exact) mass is 562 g/mol. The number of benzene rings is 1. The third-order valence-corrected chi connectivity index (χ3v) is 7.56. The van der Waals surface area contributed by atoms with Gasteiger partial charge in [-0.3, -0.25) is 18.9 Å². The van der Waals surface area contributed by atoms with Crippen molar-refractivity contribution in [1.82, 2.24) is 14.4 Å². The molecule has 1 aromatic carbocycles. The summed E-state index contributed by atoms with van der Waals surface area (Å²) in [6, 6.07) is 8.56. The number of aromatic hydroxyl groups is 1. The third-order valence-electron chi connectivity index (χ3n) is 6.42. The van der Waals surface area contributed by atoms with E-state index in [9.17, 15) is 24.6 Å². The van der Waals surface area contributed by atoms with Gasteiger partial charge in [0.15, 0.2) is 22.4 Å². The van der Waals surface area contributed by atoms with Gasteiger partial charge in [0.05, 0.1) is 36.2 Å². The molecule has 1 atom stereocenters. The van der Waals surface area contributed by atoms with Crippen molar-refractivity contribution in [2.45, 2.75) is 33.7 Å². The van der Waals surface area contributed by atoms with Gasteiger partial charge in [0.25, 0.3) is 5.78 Å². The van der Waals surface area contributed by atoms with Gasteiger partial charge in [0.1, 0.15) is 16.2 Å². The van der Waals surface area contributed by atoms with Crippen molar-refractivity contribution >= 4 is 45.5 Å². The molecule has 206 valence electrons. The van der Waals surface area contributed by atoms with Crippen molar-refractivity contribution in [2.24, 2.45) is 0 Å². The number of thiazole rings is 1. The molecular weight excluding hydrogens is 536 g/mol. The van der Waals surface area contributed by atoms with Crippen LogP contribution in [0.1, 0.15) is 52.2 Å². The molecule has 1 unspecified atom stereocenters. The predicted octanol–water partition coefficient (Wildman–Crippen LogP) is 4.31. The standard InChI is InChI=1S/C28H26N4O7S/c1-5-38-18-13-16(10-11-17(18)33)22-20(23(34)21-14(3)29-19-9-7-8-12-31(19)21)24(35)26(36)32(22)28-30-15(4)25(40-28)27(37)39-6-2/h7-13,22,33-34H,5-6H2,1-4H3/b23-20+. The van der Waals surface area contributed by atoms with Gasteiger partial charge in [0, 0.05) is 6.20 Å². The molecule has 1 aliphatic heterocycles. The van der Waals surface area contributed by atoms with Crippen LogP contribution in [0.3, 0.4) is 0 Å². The number of amides is 1. The molecule has 0 spiro atoms. The summed E-state index contributed by atoms with van der Waals surface area (Å²) in [6.45, 7) is 7.14. The molecule has 1 fully saturated rings. The van der Waals surface area contributed by atoms with E-state index in [-0.39, 0.29) is 46.0 Å². The fourth-order valence-electron chi connectivity index (χ4n) is 4.71. The number of ether oxygens (including phenoxy) is 2. The first-order valence-electron chi connectivity index (χ1n) is 12.5. The Labute approximate surface area is 232 Å². The minimum atomic E-state index is -1.16. The average molecular weight is 563 g/mol. The normalized spacial score (nSPS) is 16.6. The minimum Gasteiger partial charge on any atom is -0.505 e. The number of pyridine rings is 1. The summed E-state index contributed by atoms with van der Waals surface area (Å²) in [5.74, 6) is -2.89. The summed E-state index contributed by atoms with van der Waals surface area (Å²) < 4.78 is 12.3. The predicted molar refractivity (Wildman–Crippen MR) is 147 cm³/mol. The molecule has 1 aliphatic rings. The van der Waals surface area contributed by atoms with Crippen LogP contribution < -0.4 is 9.64 Å². The van der Waals surface area contributed by atoms with E-state index < -0.39 is 29.5 Å². The van der Waals surface area contributed by atoms with Crippen LogP contribution in [-0.2, 0) is 14.3 Å². The average Bonchev–Trinajstić information content (AvgIpc) is 3.55. The SMILES string of the molecule is CCOC(=O)c1sc(N2C(=O)C(=O)/C(=C(/O)c3c(C)nc4ccccn34)C2c2ccc(O)c(OCC)c2)nc1C. The number of aliphatic hydroxyl groups excluding tert-OH is 1. The highest BCUT2D eigenvalue weighted by Gasteiger charge is 2.49.